The first-order valence-electron chi connectivity index (χ1n) is 6.74. The van der Waals surface area contributed by atoms with Crippen LogP contribution in [0.25, 0.3) is 5.65 Å². The summed E-state index contributed by atoms with van der Waals surface area (Å²) < 4.78 is 3.12. The van der Waals surface area contributed by atoms with E-state index in [4.69, 9.17) is 5.73 Å². The lowest BCUT2D eigenvalue weighted by molar-refractivity contribution is 0.302. The minimum atomic E-state index is -0.0647. The van der Waals surface area contributed by atoms with Gasteiger partial charge in [-0.2, -0.15) is 0 Å². The van der Waals surface area contributed by atoms with Crippen molar-refractivity contribution in [3.8, 4) is 0 Å². The summed E-state index contributed by atoms with van der Waals surface area (Å²) in [6.45, 7) is 4.37. The number of halogens is 1. The number of hydrogen-bond donors (Lipinski definition) is 1. The van der Waals surface area contributed by atoms with Gasteiger partial charge >= 0.3 is 5.69 Å². The summed E-state index contributed by atoms with van der Waals surface area (Å²) in [6.07, 6.45) is 2.91. The summed E-state index contributed by atoms with van der Waals surface area (Å²) >= 11 is 0. The minimum absolute atomic E-state index is 0. The zero-order valence-electron chi connectivity index (χ0n) is 11.3. The average molecular weight is 298 g/mol. The lowest BCUT2D eigenvalue weighted by atomic mass is 10.1. The van der Waals surface area contributed by atoms with E-state index < -0.39 is 0 Å². The van der Waals surface area contributed by atoms with Crippen molar-refractivity contribution < 1.29 is 0 Å². The van der Waals surface area contributed by atoms with Crippen LogP contribution < -0.4 is 11.4 Å². The van der Waals surface area contributed by atoms with Gasteiger partial charge in [0.15, 0.2) is 5.65 Å². The molecule has 2 aromatic heterocycles. The van der Waals surface area contributed by atoms with Crippen molar-refractivity contribution in [3.05, 3.63) is 34.9 Å². The highest BCUT2D eigenvalue weighted by Crippen LogP contribution is 2.14. The van der Waals surface area contributed by atoms with Crippen molar-refractivity contribution in [2.45, 2.75) is 13.0 Å². The molecule has 2 N–H and O–H groups in total. The average Bonchev–Trinajstić information content (AvgIpc) is 3.02. The maximum Gasteiger partial charge on any atom is 0.350 e. The minimum Gasteiger partial charge on any atom is -0.330 e. The SMILES string of the molecule is Cl.NCC1CCN(CCn2nc3ccccn3c2=O)C1. The summed E-state index contributed by atoms with van der Waals surface area (Å²) in [7, 11) is 0. The van der Waals surface area contributed by atoms with E-state index in [0.29, 0.717) is 18.1 Å². The molecule has 2 aromatic rings. The van der Waals surface area contributed by atoms with Crippen molar-refractivity contribution in [1.29, 1.82) is 0 Å². The molecule has 7 heteroatoms. The van der Waals surface area contributed by atoms with E-state index in [1.54, 1.807) is 15.3 Å². The van der Waals surface area contributed by atoms with Crippen molar-refractivity contribution in [3.63, 3.8) is 0 Å². The maximum absolute atomic E-state index is 12.1. The predicted molar refractivity (Wildman–Crippen MR) is 80.3 cm³/mol. The van der Waals surface area contributed by atoms with Gasteiger partial charge in [0.1, 0.15) is 0 Å². The van der Waals surface area contributed by atoms with Crippen LogP contribution in [0.2, 0.25) is 0 Å². The third-order valence-electron chi connectivity index (χ3n) is 3.82. The van der Waals surface area contributed by atoms with Crippen LogP contribution >= 0.6 is 12.4 Å². The van der Waals surface area contributed by atoms with Crippen LogP contribution in [0.4, 0.5) is 0 Å². The van der Waals surface area contributed by atoms with Crippen LogP contribution in [0.3, 0.4) is 0 Å². The molecule has 1 saturated heterocycles. The second-order valence-electron chi connectivity index (χ2n) is 5.13. The lowest BCUT2D eigenvalue weighted by Gasteiger charge is -2.14. The van der Waals surface area contributed by atoms with E-state index in [-0.39, 0.29) is 18.1 Å². The molecule has 3 rings (SSSR count). The van der Waals surface area contributed by atoms with Crippen LogP contribution in [0, 0.1) is 5.92 Å². The summed E-state index contributed by atoms with van der Waals surface area (Å²) in [5.41, 5.74) is 6.32. The number of hydrogen-bond acceptors (Lipinski definition) is 4. The molecule has 1 aliphatic heterocycles. The van der Waals surface area contributed by atoms with Gasteiger partial charge in [-0.05, 0) is 37.6 Å². The third kappa shape index (κ3) is 2.87. The Bertz CT molecular complexity index is 622. The zero-order chi connectivity index (χ0) is 13.2. The fourth-order valence-electron chi connectivity index (χ4n) is 2.66. The quantitative estimate of drug-likeness (QED) is 0.875. The number of pyridine rings is 1. The number of fused-ring (bicyclic) bond motifs is 1. The summed E-state index contributed by atoms with van der Waals surface area (Å²) in [5.74, 6) is 0.609. The third-order valence-corrected chi connectivity index (χ3v) is 3.82. The monoisotopic (exact) mass is 297 g/mol. The topological polar surface area (TPSA) is 68.6 Å². The highest BCUT2D eigenvalue weighted by atomic mass is 35.5. The molecule has 110 valence electrons. The van der Waals surface area contributed by atoms with E-state index in [0.717, 1.165) is 32.6 Å². The molecule has 0 aliphatic carbocycles. The highest BCUT2D eigenvalue weighted by Gasteiger charge is 2.21. The first-order chi connectivity index (χ1) is 9.28. The standard InChI is InChI=1S/C13H19N5O.ClH/c14-9-11-4-6-16(10-11)7-8-18-13(19)17-5-2-1-3-12(17)15-18;/h1-3,5,11H,4,6-10,14H2;1H. The van der Waals surface area contributed by atoms with Crippen molar-refractivity contribution in [1.82, 2.24) is 19.1 Å². The highest BCUT2D eigenvalue weighted by molar-refractivity contribution is 5.85. The van der Waals surface area contributed by atoms with Crippen LogP contribution in [0.15, 0.2) is 29.2 Å². The molecule has 0 bridgehead atoms. The Morgan fingerprint density at radius 1 is 1.35 bits per heavy atom. The number of nitrogens with zero attached hydrogens (tertiary/aromatic N) is 4. The van der Waals surface area contributed by atoms with Crippen molar-refractivity contribution >= 4 is 18.1 Å². The molecule has 1 aliphatic rings. The molecule has 0 aromatic carbocycles. The molecule has 0 radical (unpaired) electrons. The summed E-state index contributed by atoms with van der Waals surface area (Å²) in [6, 6.07) is 5.57. The van der Waals surface area contributed by atoms with Gasteiger partial charge in [0.25, 0.3) is 0 Å². The van der Waals surface area contributed by atoms with Crippen molar-refractivity contribution in [2.24, 2.45) is 11.7 Å². The summed E-state index contributed by atoms with van der Waals surface area (Å²) in [4.78, 5) is 14.4. The smallest absolute Gasteiger partial charge is 0.330 e. The molecule has 1 atom stereocenters. The second-order valence-corrected chi connectivity index (χ2v) is 5.13. The first kappa shape index (κ1) is 15.0. The van der Waals surface area contributed by atoms with Gasteiger partial charge in [0.05, 0.1) is 6.54 Å². The largest absolute Gasteiger partial charge is 0.350 e. The van der Waals surface area contributed by atoms with Gasteiger partial charge in [-0.15, -0.1) is 17.5 Å². The summed E-state index contributed by atoms with van der Waals surface area (Å²) in [5, 5.41) is 4.33. The number of aromatic nitrogens is 3. The Labute approximate surface area is 123 Å². The maximum atomic E-state index is 12.1. The normalized spacial score (nSPS) is 19.4. The molecular weight excluding hydrogens is 278 g/mol. The molecule has 0 saturated carbocycles. The van der Waals surface area contributed by atoms with E-state index in [9.17, 15) is 4.79 Å². The van der Waals surface area contributed by atoms with Gasteiger partial charge in [0, 0.05) is 19.3 Å². The Morgan fingerprint density at radius 3 is 2.90 bits per heavy atom. The second kappa shape index (κ2) is 6.39. The fourth-order valence-corrected chi connectivity index (χ4v) is 2.66. The number of likely N-dealkylation sites (tertiary alicyclic amines) is 1. The molecule has 1 fully saturated rings. The van der Waals surface area contributed by atoms with Crippen LogP contribution in [-0.2, 0) is 6.54 Å². The van der Waals surface area contributed by atoms with E-state index in [1.165, 1.54) is 0 Å². The Balaban J connectivity index is 0.00000147. The Hall–Kier alpha value is -1.37. The molecule has 3 heterocycles. The van der Waals surface area contributed by atoms with Crippen molar-refractivity contribution in [2.75, 3.05) is 26.2 Å². The zero-order valence-corrected chi connectivity index (χ0v) is 12.1. The number of nitrogens with two attached hydrogens (primary N) is 1. The Kier molecular flexibility index (Phi) is 4.80. The molecular formula is C13H20ClN5O. The number of rotatable bonds is 4. The lowest BCUT2D eigenvalue weighted by Crippen LogP contribution is -2.30. The van der Waals surface area contributed by atoms with Crippen LogP contribution in [-0.4, -0.2) is 45.3 Å². The van der Waals surface area contributed by atoms with Crippen LogP contribution in [0.1, 0.15) is 6.42 Å². The molecule has 0 spiro atoms. The molecule has 6 nitrogen and oxygen atoms in total. The van der Waals surface area contributed by atoms with Gasteiger partial charge in [0.2, 0.25) is 0 Å². The van der Waals surface area contributed by atoms with E-state index in [1.807, 2.05) is 18.2 Å². The molecule has 0 amide bonds. The van der Waals surface area contributed by atoms with Gasteiger partial charge in [-0.25, -0.2) is 9.48 Å². The fraction of sp³-hybridized carbons (Fsp3) is 0.538. The predicted octanol–water partition coefficient (Wildman–Crippen LogP) is 0.198. The molecule has 20 heavy (non-hydrogen) atoms. The van der Waals surface area contributed by atoms with Gasteiger partial charge in [-0.1, -0.05) is 6.07 Å². The van der Waals surface area contributed by atoms with Gasteiger partial charge in [-0.3, -0.25) is 4.40 Å². The Morgan fingerprint density at radius 2 is 2.20 bits per heavy atom. The van der Waals surface area contributed by atoms with Crippen LogP contribution in [0.5, 0.6) is 0 Å². The van der Waals surface area contributed by atoms with Gasteiger partial charge < -0.3 is 10.6 Å². The molecule has 1 unspecified atom stereocenters. The van der Waals surface area contributed by atoms with E-state index >= 15 is 0 Å². The first-order valence-corrected chi connectivity index (χ1v) is 6.74. The van der Waals surface area contributed by atoms with E-state index in [2.05, 4.69) is 10.00 Å².